The number of carbonyl (C=O) groups is 1. The molecular formula is C16H14FN3O2. The zero-order valence-electron chi connectivity index (χ0n) is 12.1. The molecule has 22 heavy (non-hydrogen) atoms. The number of halogens is 1. The first kappa shape index (κ1) is 14.1. The predicted octanol–water partition coefficient (Wildman–Crippen LogP) is 3.05. The molecule has 0 atom stereocenters. The first-order chi connectivity index (χ1) is 10.5. The van der Waals surface area contributed by atoms with E-state index in [-0.39, 0.29) is 11.4 Å². The monoisotopic (exact) mass is 299 g/mol. The van der Waals surface area contributed by atoms with Crippen LogP contribution in [0.5, 0.6) is 5.75 Å². The maximum absolute atomic E-state index is 13.4. The summed E-state index contributed by atoms with van der Waals surface area (Å²) in [5.74, 6) is -0.953. The lowest BCUT2D eigenvalue weighted by molar-refractivity contribution is 0.102. The zero-order chi connectivity index (χ0) is 15.9. The molecule has 3 aromatic rings. The summed E-state index contributed by atoms with van der Waals surface area (Å²) >= 11 is 0. The molecule has 5 nitrogen and oxygen atoms in total. The molecule has 2 aromatic heterocycles. The first-order valence-electron chi connectivity index (χ1n) is 6.71. The number of phenols is 1. The van der Waals surface area contributed by atoms with Gasteiger partial charge in [-0.2, -0.15) is 0 Å². The standard InChI is InChI=1S/C16H14FN3O2/c1-9-3-5-13(21)12(7-9)19-16(22)15-10(2)18-14-6-4-11(17)8-20(14)15/h3-8,21H,1-2H3,(H,19,22). The van der Waals surface area contributed by atoms with Crippen molar-refractivity contribution in [2.45, 2.75) is 13.8 Å². The van der Waals surface area contributed by atoms with Crippen LogP contribution >= 0.6 is 0 Å². The molecule has 2 heterocycles. The lowest BCUT2D eigenvalue weighted by Crippen LogP contribution is -2.16. The normalized spacial score (nSPS) is 10.9. The van der Waals surface area contributed by atoms with Crippen molar-refractivity contribution in [1.82, 2.24) is 9.38 Å². The Balaban J connectivity index is 2.04. The van der Waals surface area contributed by atoms with Crippen molar-refractivity contribution < 1.29 is 14.3 Å². The van der Waals surface area contributed by atoms with Crippen LogP contribution in [0.15, 0.2) is 36.5 Å². The van der Waals surface area contributed by atoms with Crippen LogP contribution in [-0.4, -0.2) is 20.4 Å². The van der Waals surface area contributed by atoms with Gasteiger partial charge in [0.1, 0.15) is 22.9 Å². The molecule has 3 rings (SSSR count). The van der Waals surface area contributed by atoms with Gasteiger partial charge in [0.15, 0.2) is 0 Å². The second kappa shape index (κ2) is 5.14. The van der Waals surface area contributed by atoms with Crippen molar-refractivity contribution in [1.29, 1.82) is 0 Å². The molecule has 0 fully saturated rings. The van der Waals surface area contributed by atoms with Crippen LogP contribution < -0.4 is 5.32 Å². The topological polar surface area (TPSA) is 66.6 Å². The van der Waals surface area contributed by atoms with Gasteiger partial charge in [-0.1, -0.05) is 6.07 Å². The summed E-state index contributed by atoms with van der Waals surface area (Å²) in [5, 5.41) is 12.4. The van der Waals surface area contributed by atoms with Crippen LogP contribution in [0.25, 0.3) is 5.65 Å². The molecule has 1 amide bonds. The molecule has 112 valence electrons. The Labute approximate surface area is 126 Å². The van der Waals surface area contributed by atoms with Crippen LogP contribution in [0.2, 0.25) is 0 Å². The molecule has 0 unspecified atom stereocenters. The average Bonchev–Trinajstić information content (AvgIpc) is 2.78. The predicted molar refractivity (Wildman–Crippen MR) is 80.7 cm³/mol. The van der Waals surface area contributed by atoms with E-state index in [1.165, 1.54) is 28.8 Å². The molecule has 2 N–H and O–H groups in total. The minimum atomic E-state index is -0.462. The summed E-state index contributed by atoms with van der Waals surface area (Å²) in [5.41, 5.74) is 2.40. The van der Waals surface area contributed by atoms with Gasteiger partial charge in [0, 0.05) is 6.20 Å². The Morgan fingerprint density at radius 1 is 1.27 bits per heavy atom. The number of pyridine rings is 1. The molecule has 0 saturated heterocycles. The van der Waals surface area contributed by atoms with Crippen LogP contribution in [0.3, 0.4) is 0 Å². The van der Waals surface area contributed by atoms with Gasteiger partial charge >= 0.3 is 0 Å². The van der Waals surface area contributed by atoms with Crippen molar-refractivity contribution in [2.75, 3.05) is 5.32 Å². The summed E-state index contributed by atoms with van der Waals surface area (Å²) in [7, 11) is 0. The number of aryl methyl sites for hydroxylation is 2. The summed E-state index contributed by atoms with van der Waals surface area (Å²) in [6, 6.07) is 7.69. The third-order valence-electron chi connectivity index (χ3n) is 3.37. The summed E-state index contributed by atoms with van der Waals surface area (Å²) in [4.78, 5) is 16.7. The fourth-order valence-electron chi connectivity index (χ4n) is 2.34. The summed E-state index contributed by atoms with van der Waals surface area (Å²) in [6.07, 6.45) is 1.21. The van der Waals surface area contributed by atoms with Gasteiger partial charge in [0.05, 0.1) is 11.4 Å². The molecule has 0 spiro atoms. The zero-order valence-corrected chi connectivity index (χ0v) is 12.1. The van der Waals surface area contributed by atoms with Crippen molar-refractivity contribution in [3.05, 3.63) is 59.3 Å². The number of imidazole rings is 1. The van der Waals surface area contributed by atoms with Crippen LogP contribution in [0.1, 0.15) is 21.7 Å². The molecule has 0 aliphatic carbocycles. The van der Waals surface area contributed by atoms with Crippen molar-refractivity contribution >= 4 is 17.2 Å². The number of nitrogens with zero attached hydrogens (tertiary/aromatic N) is 2. The minimum Gasteiger partial charge on any atom is -0.506 e. The largest absolute Gasteiger partial charge is 0.506 e. The van der Waals surface area contributed by atoms with Gasteiger partial charge in [-0.3, -0.25) is 9.20 Å². The maximum Gasteiger partial charge on any atom is 0.274 e. The Bertz CT molecular complexity index is 886. The molecule has 0 bridgehead atoms. The number of hydrogen-bond acceptors (Lipinski definition) is 3. The smallest absolute Gasteiger partial charge is 0.274 e. The highest BCUT2D eigenvalue weighted by Crippen LogP contribution is 2.25. The SMILES string of the molecule is Cc1ccc(O)c(NC(=O)c2c(C)nc3ccc(F)cn23)c1. The minimum absolute atomic E-state index is 0.0309. The average molecular weight is 299 g/mol. The second-order valence-corrected chi connectivity index (χ2v) is 5.10. The summed E-state index contributed by atoms with van der Waals surface area (Å²) < 4.78 is 14.8. The number of nitrogens with one attached hydrogen (secondary N) is 1. The number of fused-ring (bicyclic) bond motifs is 1. The highest BCUT2D eigenvalue weighted by molar-refractivity contribution is 6.05. The molecule has 0 aliphatic rings. The number of anilines is 1. The van der Waals surface area contributed by atoms with Crippen molar-refractivity contribution in [3.63, 3.8) is 0 Å². The molecule has 0 aliphatic heterocycles. The van der Waals surface area contributed by atoms with E-state index in [0.717, 1.165) is 5.56 Å². The molecule has 0 radical (unpaired) electrons. The van der Waals surface area contributed by atoms with Gasteiger partial charge < -0.3 is 10.4 Å². The highest BCUT2D eigenvalue weighted by atomic mass is 19.1. The Morgan fingerprint density at radius 2 is 2.05 bits per heavy atom. The third-order valence-corrected chi connectivity index (χ3v) is 3.37. The van der Waals surface area contributed by atoms with Gasteiger partial charge in [0.2, 0.25) is 0 Å². The fourth-order valence-corrected chi connectivity index (χ4v) is 2.34. The van der Waals surface area contributed by atoms with Gasteiger partial charge in [-0.25, -0.2) is 9.37 Å². The third kappa shape index (κ3) is 2.39. The van der Waals surface area contributed by atoms with Crippen molar-refractivity contribution in [3.8, 4) is 5.75 Å². The fraction of sp³-hybridized carbons (Fsp3) is 0.125. The number of aromatic hydroxyl groups is 1. The van der Waals surface area contributed by atoms with Crippen molar-refractivity contribution in [2.24, 2.45) is 0 Å². The van der Waals surface area contributed by atoms with Crippen LogP contribution in [0, 0.1) is 19.7 Å². The van der Waals surface area contributed by atoms with Crippen LogP contribution in [0.4, 0.5) is 10.1 Å². The number of amides is 1. The number of carbonyl (C=O) groups excluding carboxylic acids is 1. The Kier molecular flexibility index (Phi) is 3.29. The lowest BCUT2D eigenvalue weighted by Gasteiger charge is -2.08. The molecule has 0 saturated carbocycles. The van der Waals surface area contributed by atoms with E-state index in [4.69, 9.17) is 0 Å². The van der Waals surface area contributed by atoms with Crippen LogP contribution in [-0.2, 0) is 0 Å². The van der Waals surface area contributed by atoms with Gasteiger partial charge in [-0.15, -0.1) is 0 Å². The van der Waals surface area contributed by atoms with Gasteiger partial charge in [0.25, 0.3) is 5.91 Å². The second-order valence-electron chi connectivity index (χ2n) is 5.10. The number of aromatic nitrogens is 2. The molecular weight excluding hydrogens is 285 g/mol. The highest BCUT2D eigenvalue weighted by Gasteiger charge is 2.18. The number of benzene rings is 1. The van der Waals surface area contributed by atoms with Gasteiger partial charge in [-0.05, 0) is 43.7 Å². The van der Waals surface area contributed by atoms with E-state index in [1.807, 2.05) is 6.92 Å². The number of hydrogen-bond donors (Lipinski definition) is 2. The van der Waals surface area contributed by atoms with E-state index in [9.17, 15) is 14.3 Å². The van der Waals surface area contributed by atoms with E-state index in [0.29, 0.717) is 17.0 Å². The van der Waals surface area contributed by atoms with E-state index in [2.05, 4.69) is 10.3 Å². The first-order valence-corrected chi connectivity index (χ1v) is 6.71. The Morgan fingerprint density at radius 3 is 2.82 bits per heavy atom. The quantitative estimate of drug-likeness (QED) is 0.715. The van der Waals surface area contributed by atoms with E-state index >= 15 is 0 Å². The number of rotatable bonds is 2. The maximum atomic E-state index is 13.4. The number of phenolic OH excluding ortho intramolecular Hbond substituents is 1. The van der Waals surface area contributed by atoms with E-state index < -0.39 is 11.7 Å². The van der Waals surface area contributed by atoms with E-state index in [1.54, 1.807) is 19.1 Å². The summed E-state index contributed by atoms with van der Waals surface area (Å²) in [6.45, 7) is 3.53. The molecule has 6 heteroatoms. The molecule has 1 aromatic carbocycles. The lowest BCUT2D eigenvalue weighted by atomic mass is 10.2. The Hall–Kier alpha value is -2.89.